The van der Waals surface area contributed by atoms with Crippen molar-refractivity contribution in [3.8, 4) is 0 Å². The average Bonchev–Trinajstić information content (AvgIpc) is 3.40. The molecule has 0 unspecified atom stereocenters. The fourth-order valence-corrected chi connectivity index (χ4v) is 9.49. The van der Waals surface area contributed by atoms with E-state index >= 15 is 0 Å². The van der Waals surface area contributed by atoms with Crippen LogP contribution in [0.15, 0.2) is 30.3 Å². The van der Waals surface area contributed by atoms with Gasteiger partial charge in [-0.2, -0.15) is 0 Å². The zero-order chi connectivity index (χ0) is 54.7. The lowest BCUT2D eigenvalue weighted by atomic mass is 9.96. The van der Waals surface area contributed by atoms with Crippen LogP contribution in [0.4, 0.5) is 0 Å². The molecule has 1 aliphatic rings. The monoisotopic (exact) mass is 1060 g/mol. The summed E-state index contributed by atoms with van der Waals surface area (Å²) in [4.78, 5) is 65.9. The maximum atomic E-state index is 13.6. The van der Waals surface area contributed by atoms with Crippen molar-refractivity contribution in [2.24, 2.45) is 0 Å². The summed E-state index contributed by atoms with van der Waals surface area (Å²) in [7, 11) is 0. The molecular formula is C60H105N3O12. The minimum atomic E-state index is -1.48. The first-order chi connectivity index (χ1) is 36.4. The largest absolute Gasteiger partial charge is 0.466 e. The summed E-state index contributed by atoms with van der Waals surface area (Å²) in [5.41, 5.74) is 0.813. The first kappa shape index (κ1) is 67.5. The lowest BCUT2D eigenvalue weighted by molar-refractivity contribution is -0.283. The maximum absolute atomic E-state index is 13.6. The molecule has 0 aliphatic carbocycles. The van der Waals surface area contributed by atoms with Crippen molar-refractivity contribution >= 4 is 29.7 Å². The van der Waals surface area contributed by atoms with Crippen LogP contribution in [0.2, 0.25) is 0 Å². The molecule has 1 aliphatic heterocycles. The SMILES string of the molecule is CCCCCCCCCCCCCCCCCOC(=O)CC[C@@H](NC(=O)[C@@H](C)NC(=O)[C@H](C)O[C@H]1[C@H](O)[C@@H](CO)O[C@H](OCc2ccccc2)[C@@H]1NC(C)=O)C(=O)OCCCCCCCCCCCCCCCCC. The summed E-state index contributed by atoms with van der Waals surface area (Å²) < 4.78 is 29.1. The Labute approximate surface area is 453 Å². The Morgan fingerprint density at radius 1 is 0.613 bits per heavy atom. The van der Waals surface area contributed by atoms with Crippen LogP contribution in [0.1, 0.15) is 246 Å². The van der Waals surface area contributed by atoms with Gasteiger partial charge in [-0.25, -0.2) is 4.79 Å². The molecular weight excluding hydrogens is 955 g/mol. The van der Waals surface area contributed by atoms with Gasteiger partial charge in [0.1, 0.15) is 42.5 Å². The predicted octanol–water partition coefficient (Wildman–Crippen LogP) is 11.2. The molecule has 432 valence electrons. The van der Waals surface area contributed by atoms with Crippen molar-refractivity contribution in [2.75, 3.05) is 19.8 Å². The van der Waals surface area contributed by atoms with Crippen LogP contribution in [0.25, 0.3) is 0 Å². The average molecular weight is 1060 g/mol. The van der Waals surface area contributed by atoms with Gasteiger partial charge in [0, 0.05) is 13.3 Å². The molecule has 0 aromatic heterocycles. The number of hydrogen-bond donors (Lipinski definition) is 5. The minimum absolute atomic E-state index is 0.0486. The third kappa shape index (κ3) is 32.7. The van der Waals surface area contributed by atoms with Crippen molar-refractivity contribution in [3.63, 3.8) is 0 Å². The summed E-state index contributed by atoms with van der Waals surface area (Å²) in [5.74, 6) is -3.02. The zero-order valence-corrected chi connectivity index (χ0v) is 47.4. The molecule has 15 nitrogen and oxygen atoms in total. The molecule has 0 spiro atoms. The summed E-state index contributed by atoms with van der Waals surface area (Å²) >= 11 is 0. The molecule has 3 amide bonds. The highest BCUT2D eigenvalue weighted by atomic mass is 16.7. The molecule has 15 heteroatoms. The molecule has 75 heavy (non-hydrogen) atoms. The number of benzene rings is 1. The molecule has 1 aromatic rings. The molecule has 1 aromatic carbocycles. The fourth-order valence-electron chi connectivity index (χ4n) is 9.49. The third-order valence-electron chi connectivity index (χ3n) is 14.2. The van der Waals surface area contributed by atoms with Gasteiger partial charge in [-0.1, -0.05) is 224 Å². The molecule has 8 atom stereocenters. The van der Waals surface area contributed by atoms with E-state index in [4.69, 9.17) is 23.7 Å². The number of nitrogens with one attached hydrogen (secondary N) is 3. The number of unbranched alkanes of at least 4 members (excludes halogenated alkanes) is 28. The summed E-state index contributed by atoms with van der Waals surface area (Å²) in [6, 6.07) is 5.81. The van der Waals surface area contributed by atoms with E-state index in [-0.39, 0.29) is 26.1 Å². The second kappa shape index (κ2) is 44.4. The first-order valence-electron chi connectivity index (χ1n) is 29.9. The maximum Gasteiger partial charge on any atom is 0.328 e. The van der Waals surface area contributed by atoms with E-state index in [1.54, 1.807) is 0 Å². The van der Waals surface area contributed by atoms with Crippen LogP contribution in [0.3, 0.4) is 0 Å². The number of ether oxygens (including phenoxy) is 5. The first-order valence-corrected chi connectivity index (χ1v) is 29.9. The van der Waals surface area contributed by atoms with Crippen molar-refractivity contribution in [1.82, 2.24) is 16.0 Å². The van der Waals surface area contributed by atoms with E-state index in [0.29, 0.717) is 13.0 Å². The number of rotatable bonds is 47. The van der Waals surface area contributed by atoms with Crippen LogP contribution in [0.5, 0.6) is 0 Å². The Bertz CT molecular complexity index is 1620. The molecule has 5 N–H and O–H groups in total. The highest BCUT2D eigenvalue weighted by molar-refractivity contribution is 5.91. The highest BCUT2D eigenvalue weighted by Crippen LogP contribution is 2.27. The van der Waals surface area contributed by atoms with E-state index in [2.05, 4.69) is 29.8 Å². The number of carbonyl (C=O) groups is 5. The molecule has 1 heterocycles. The van der Waals surface area contributed by atoms with Crippen molar-refractivity contribution in [3.05, 3.63) is 35.9 Å². The van der Waals surface area contributed by atoms with Gasteiger partial charge in [0.05, 0.1) is 26.4 Å². The summed E-state index contributed by atoms with van der Waals surface area (Å²) in [6.45, 7) is 8.61. The number of carbonyl (C=O) groups excluding carboxylic acids is 5. The Balaban J connectivity index is 1.89. The van der Waals surface area contributed by atoms with Crippen LogP contribution in [-0.4, -0.2) is 109 Å². The normalized spacial score (nSPS) is 18.7. The standard InChI is InChI=1S/C60H105N3O12/c1-6-8-10-12-14-16-18-20-22-24-26-28-30-32-37-43-71-53(66)42-41-51(59(70)72-44-38-33-31-29-27-25-23-21-19-17-15-13-11-9-7-2)63-57(68)47(3)61-58(69)48(4)74-56-54(62-49(5)65)60(75-52(45-64)55(56)67)73-46-50-39-35-34-36-40-50/h34-36,39-40,47-48,51-52,54-56,60,64,67H,6-33,37-38,41-46H2,1-5H3,(H,61,69)(H,62,65)(H,63,68)/t47-,48+,51-,52-,54-,55-,56-,60+/m1/s1. The van der Waals surface area contributed by atoms with Crippen LogP contribution >= 0.6 is 0 Å². The minimum Gasteiger partial charge on any atom is -0.466 e. The number of hydrogen-bond acceptors (Lipinski definition) is 12. The lowest BCUT2D eigenvalue weighted by Gasteiger charge is -2.44. The smallest absolute Gasteiger partial charge is 0.328 e. The van der Waals surface area contributed by atoms with Gasteiger partial charge in [-0.05, 0) is 38.7 Å². The van der Waals surface area contributed by atoms with Crippen LogP contribution in [-0.2, 0) is 54.3 Å². The van der Waals surface area contributed by atoms with Crippen LogP contribution < -0.4 is 16.0 Å². The molecule has 1 saturated heterocycles. The number of esters is 2. The second-order valence-electron chi connectivity index (χ2n) is 21.1. The molecule has 0 saturated carbocycles. The van der Waals surface area contributed by atoms with E-state index in [1.165, 1.54) is 168 Å². The van der Waals surface area contributed by atoms with Crippen molar-refractivity contribution < 1.29 is 57.9 Å². The molecule has 2 rings (SSSR count). The van der Waals surface area contributed by atoms with Gasteiger partial charge in [-0.3, -0.25) is 19.2 Å². The van der Waals surface area contributed by atoms with Gasteiger partial charge in [-0.15, -0.1) is 0 Å². The molecule has 0 radical (unpaired) electrons. The molecule has 0 bridgehead atoms. The lowest BCUT2D eigenvalue weighted by Crippen LogP contribution is -2.66. The van der Waals surface area contributed by atoms with E-state index < -0.39 is 85.1 Å². The van der Waals surface area contributed by atoms with Gasteiger partial charge in [0.25, 0.3) is 0 Å². The van der Waals surface area contributed by atoms with E-state index in [1.807, 2.05) is 30.3 Å². The Kier molecular flexibility index (Phi) is 39.9. The van der Waals surface area contributed by atoms with E-state index in [9.17, 15) is 34.2 Å². The van der Waals surface area contributed by atoms with Gasteiger partial charge >= 0.3 is 11.9 Å². The summed E-state index contributed by atoms with van der Waals surface area (Å²) in [5, 5.41) is 29.3. The van der Waals surface area contributed by atoms with Crippen molar-refractivity contribution in [1.29, 1.82) is 0 Å². The Hall–Kier alpha value is -3.63. The predicted molar refractivity (Wildman–Crippen MR) is 295 cm³/mol. The number of aliphatic hydroxyl groups is 2. The van der Waals surface area contributed by atoms with Crippen molar-refractivity contribution in [2.45, 2.75) is 296 Å². The molecule has 1 fully saturated rings. The van der Waals surface area contributed by atoms with Gasteiger partial charge < -0.3 is 49.8 Å². The second-order valence-corrected chi connectivity index (χ2v) is 21.1. The highest BCUT2D eigenvalue weighted by Gasteiger charge is 2.48. The fraction of sp³-hybridized carbons (Fsp3) is 0.817. The number of amides is 3. The zero-order valence-electron chi connectivity index (χ0n) is 47.4. The Morgan fingerprint density at radius 2 is 1.07 bits per heavy atom. The van der Waals surface area contributed by atoms with Gasteiger partial charge in [0.15, 0.2) is 6.29 Å². The third-order valence-corrected chi connectivity index (χ3v) is 14.2. The quantitative estimate of drug-likeness (QED) is 0.0305. The van der Waals surface area contributed by atoms with Gasteiger partial charge in [0.2, 0.25) is 17.7 Å². The topological polar surface area (TPSA) is 208 Å². The van der Waals surface area contributed by atoms with Crippen LogP contribution in [0, 0.1) is 0 Å². The summed E-state index contributed by atoms with van der Waals surface area (Å²) in [6.07, 6.45) is 30.2. The number of aliphatic hydroxyl groups excluding tert-OH is 2. The van der Waals surface area contributed by atoms with E-state index in [0.717, 1.165) is 44.1 Å². The Morgan fingerprint density at radius 3 is 1.52 bits per heavy atom.